The van der Waals surface area contributed by atoms with Crippen molar-refractivity contribution in [1.29, 1.82) is 0 Å². The Labute approximate surface area is 99.3 Å². The summed E-state index contributed by atoms with van der Waals surface area (Å²) in [5, 5.41) is 9.16. The fourth-order valence-corrected chi connectivity index (χ4v) is 1.68. The first-order valence-corrected chi connectivity index (χ1v) is 4.04. The van der Waals surface area contributed by atoms with Crippen molar-refractivity contribution in [2.24, 2.45) is 5.92 Å². The summed E-state index contributed by atoms with van der Waals surface area (Å²) in [7, 11) is 0. The maximum Gasteiger partial charge on any atom is 1.00 e. The van der Waals surface area contributed by atoms with Gasteiger partial charge in [0.15, 0.2) is 5.78 Å². The summed E-state index contributed by atoms with van der Waals surface area (Å²) in [6.07, 6.45) is 0.766. The first-order chi connectivity index (χ1) is 5.68. The first kappa shape index (κ1) is 10.8. The van der Waals surface area contributed by atoms with Gasteiger partial charge in [-0.2, -0.15) is 0 Å². The molecule has 0 aromatic heterocycles. The quantitative estimate of drug-likeness (QED) is 0.514. The van der Waals surface area contributed by atoms with Crippen molar-refractivity contribution in [2.45, 2.75) is 13.3 Å². The second kappa shape index (κ2) is 3.82. The summed E-state index contributed by atoms with van der Waals surface area (Å²) in [6.45, 7) is 1.92. The minimum Gasteiger partial charge on any atom is -0.508 e. The van der Waals surface area contributed by atoms with Crippen LogP contribution in [0.5, 0.6) is 5.75 Å². The molecule has 13 heavy (non-hydrogen) atoms. The zero-order valence-electron chi connectivity index (χ0n) is 7.87. The molecule has 0 fully saturated rings. The van der Waals surface area contributed by atoms with E-state index in [1.807, 2.05) is 6.92 Å². The molecule has 0 bridgehead atoms. The molecule has 2 nitrogen and oxygen atoms in total. The van der Waals surface area contributed by atoms with Crippen LogP contribution in [-0.2, 0) is 6.42 Å². The van der Waals surface area contributed by atoms with E-state index in [9.17, 15) is 4.79 Å². The summed E-state index contributed by atoms with van der Waals surface area (Å²) in [6, 6.07) is 4.95. The molecule has 0 saturated heterocycles. The van der Waals surface area contributed by atoms with Crippen molar-refractivity contribution >= 4 is 5.78 Å². The number of ketones is 1. The summed E-state index contributed by atoms with van der Waals surface area (Å²) in [5.41, 5.74) is 1.76. The van der Waals surface area contributed by atoms with Gasteiger partial charge < -0.3 is 5.11 Å². The van der Waals surface area contributed by atoms with Crippen molar-refractivity contribution in [3.8, 4) is 5.75 Å². The zero-order chi connectivity index (χ0) is 8.72. The normalized spacial score (nSPS) is 19.5. The van der Waals surface area contributed by atoms with Crippen LogP contribution in [0.2, 0.25) is 0 Å². The van der Waals surface area contributed by atoms with E-state index in [1.54, 1.807) is 18.2 Å². The molecule has 62 valence electrons. The molecule has 0 saturated carbocycles. The van der Waals surface area contributed by atoms with Crippen LogP contribution >= 0.6 is 0 Å². The van der Waals surface area contributed by atoms with Gasteiger partial charge >= 0.3 is 29.6 Å². The van der Waals surface area contributed by atoms with Crippen molar-refractivity contribution in [2.75, 3.05) is 0 Å². The fourth-order valence-electron chi connectivity index (χ4n) is 1.68. The standard InChI is InChI=1S/C10H10O2.Na/c1-6-4-7-5-8(11)2-3-9(7)10(6)12;/h2-3,5-6,11H,4H2,1H3;/q;+1. The number of aromatic hydroxyl groups is 1. The molecule has 1 aliphatic rings. The molecule has 0 amide bonds. The van der Waals surface area contributed by atoms with E-state index in [1.165, 1.54) is 0 Å². The Morgan fingerprint density at radius 3 is 2.85 bits per heavy atom. The maximum atomic E-state index is 11.4. The third kappa shape index (κ3) is 1.80. The van der Waals surface area contributed by atoms with Gasteiger partial charge in [0.1, 0.15) is 5.75 Å². The number of phenols is 1. The molecule has 0 radical (unpaired) electrons. The van der Waals surface area contributed by atoms with E-state index in [-0.39, 0.29) is 47.0 Å². The average molecular weight is 185 g/mol. The predicted molar refractivity (Wildman–Crippen MR) is 45.3 cm³/mol. The van der Waals surface area contributed by atoms with E-state index in [0.29, 0.717) is 0 Å². The van der Waals surface area contributed by atoms with Gasteiger partial charge in [0, 0.05) is 11.5 Å². The molecular weight excluding hydrogens is 175 g/mol. The van der Waals surface area contributed by atoms with Gasteiger partial charge in [0.2, 0.25) is 0 Å². The molecule has 2 rings (SSSR count). The summed E-state index contributed by atoms with van der Waals surface area (Å²) >= 11 is 0. The Kier molecular flexibility index (Phi) is 3.17. The molecule has 0 spiro atoms. The number of carbonyl (C=O) groups excluding carboxylic acids is 1. The Bertz CT molecular complexity index is 347. The SMILES string of the molecule is CC1Cc2cc(O)ccc2C1=O.[Na+]. The molecule has 1 unspecified atom stereocenters. The number of carbonyl (C=O) groups is 1. The molecule has 0 aliphatic heterocycles. The summed E-state index contributed by atoms with van der Waals surface area (Å²) < 4.78 is 0. The third-order valence-electron chi connectivity index (χ3n) is 2.33. The summed E-state index contributed by atoms with van der Waals surface area (Å²) in [4.78, 5) is 11.4. The van der Waals surface area contributed by atoms with Crippen LogP contribution in [-0.4, -0.2) is 10.9 Å². The monoisotopic (exact) mass is 185 g/mol. The molecular formula is C10H10NaO2+. The Morgan fingerprint density at radius 2 is 2.15 bits per heavy atom. The van der Waals surface area contributed by atoms with Gasteiger partial charge in [-0.25, -0.2) is 0 Å². The van der Waals surface area contributed by atoms with Gasteiger partial charge in [-0.1, -0.05) is 6.92 Å². The minimum absolute atomic E-state index is 0. The minimum atomic E-state index is 0. The maximum absolute atomic E-state index is 11.4. The second-order valence-electron chi connectivity index (χ2n) is 3.31. The molecule has 1 aromatic rings. The van der Waals surface area contributed by atoms with Crippen LogP contribution in [0.25, 0.3) is 0 Å². The molecule has 1 N–H and O–H groups in total. The number of phenolic OH excluding ortho intramolecular Hbond substituents is 1. The number of benzene rings is 1. The van der Waals surface area contributed by atoms with Gasteiger partial charge in [-0.15, -0.1) is 0 Å². The Morgan fingerprint density at radius 1 is 1.46 bits per heavy atom. The topological polar surface area (TPSA) is 37.3 Å². The van der Waals surface area contributed by atoms with Gasteiger partial charge in [0.25, 0.3) is 0 Å². The van der Waals surface area contributed by atoms with Crippen LogP contribution < -0.4 is 29.6 Å². The molecule has 1 aliphatic carbocycles. The van der Waals surface area contributed by atoms with Crippen LogP contribution in [0, 0.1) is 5.92 Å². The van der Waals surface area contributed by atoms with Crippen LogP contribution in [0.4, 0.5) is 0 Å². The number of rotatable bonds is 0. The number of hydrogen-bond donors (Lipinski definition) is 1. The van der Waals surface area contributed by atoms with Crippen LogP contribution in [0.1, 0.15) is 22.8 Å². The van der Waals surface area contributed by atoms with E-state index >= 15 is 0 Å². The van der Waals surface area contributed by atoms with Gasteiger partial charge in [-0.05, 0) is 30.2 Å². The van der Waals surface area contributed by atoms with E-state index in [4.69, 9.17) is 5.11 Å². The number of Topliss-reactive ketones (excluding diaryl/α,β-unsaturated/α-hetero) is 1. The smallest absolute Gasteiger partial charge is 0.508 e. The van der Waals surface area contributed by atoms with Crippen molar-refractivity contribution in [1.82, 2.24) is 0 Å². The second-order valence-corrected chi connectivity index (χ2v) is 3.31. The average Bonchev–Trinajstić information content (AvgIpc) is 2.28. The van der Waals surface area contributed by atoms with E-state index in [0.717, 1.165) is 17.5 Å². The van der Waals surface area contributed by atoms with E-state index in [2.05, 4.69) is 0 Å². The predicted octanol–water partition coefficient (Wildman–Crippen LogP) is -1.23. The number of fused-ring (bicyclic) bond motifs is 1. The number of hydrogen-bond acceptors (Lipinski definition) is 2. The van der Waals surface area contributed by atoms with Crippen molar-refractivity contribution < 1.29 is 39.5 Å². The van der Waals surface area contributed by atoms with Crippen LogP contribution in [0.3, 0.4) is 0 Å². The van der Waals surface area contributed by atoms with Crippen molar-refractivity contribution in [3.05, 3.63) is 29.3 Å². The molecule has 1 aromatic carbocycles. The third-order valence-corrected chi connectivity index (χ3v) is 2.33. The largest absolute Gasteiger partial charge is 1.00 e. The fraction of sp³-hybridized carbons (Fsp3) is 0.300. The van der Waals surface area contributed by atoms with Gasteiger partial charge in [-0.3, -0.25) is 4.79 Å². The molecule has 3 heteroatoms. The Balaban J connectivity index is 0.000000845. The molecule has 0 heterocycles. The summed E-state index contributed by atoms with van der Waals surface area (Å²) in [5.74, 6) is 0.530. The van der Waals surface area contributed by atoms with E-state index < -0.39 is 0 Å². The zero-order valence-corrected chi connectivity index (χ0v) is 9.87. The van der Waals surface area contributed by atoms with Crippen LogP contribution in [0.15, 0.2) is 18.2 Å². The van der Waals surface area contributed by atoms with Gasteiger partial charge in [0.05, 0.1) is 0 Å². The van der Waals surface area contributed by atoms with Crippen molar-refractivity contribution in [3.63, 3.8) is 0 Å². The first-order valence-electron chi connectivity index (χ1n) is 4.04. The Hall–Kier alpha value is -0.310. The molecule has 1 atom stereocenters.